The number of carbonyl (C=O) groups is 2. The zero-order valence-electron chi connectivity index (χ0n) is 15.4. The minimum Gasteiger partial charge on any atom is -0.465 e. The van der Waals surface area contributed by atoms with Crippen molar-refractivity contribution in [1.82, 2.24) is 9.38 Å². The molecule has 0 amide bonds. The van der Waals surface area contributed by atoms with Crippen LogP contribution in [-0.2, 0) is 16.0 Å². The molecular weight excluding hydrogens is 427 g/mol. The Bertz CT molecular complexity index is 1110. The van der Waals surface area contributed by atoms with Gasteiger partial charge in [-0.2, -0.15) is 0 Å². The van der Waals surface area contributed by atoms with Crippen molar-refractivity contribution >= 4 is 33.3 Å². The molecule has 7 heteroatoms. The second-order valence-electron chi connectivity index (χ2n) is 6.67. The minimum atomic E-state index is -0.995. The Morgan fingerprint density at radius 3 is 2.79 bits per heavy atom. The fourth-order valence-electron chi connectivity index (χ4n) is 3.95. The molecule has 0 fully saturated rings. The van der Waals surface area contributed by atoms with Crippen LogP contribution in [0.2, 0.25) is 0 Å². The van der Waals surface area contributed by atoms with E-state index in [1.54, 1.807) is 17.5 Å². The fraction of sp³-hybridized carbons (Fsp3) is 0.286. The first-order chi connectivity index (χ1) is 13.5. The number of fused-ring (bicyclic) bond motifs is 3. The van der Waals surface area contributed by atoms with Gasteiger partial charge in [0.1, 0.15) is 23.1 Å². The van der Waals surface area contributed by atoms with Gasteiger partial charge in [0.05, 0.1) is 16.8 Å². The number of esters is 1. The van der Waals surface area contributed by atoms with Gasteiger partial charge >= 0.3 is 5.97 Å². The van der Waals surface area contributed by atoms with Crippen LogP contribution in [0.25, 0.3) is 5.65 Å². The quantitative estimate of drug-likeness (QED) is 0.444. The van der Waals surface area contributed by atoms with E-state index >= 15 is 0 Å². The van der Waals surface area contributed by atoms with E-state index in [-0.39, 0.29) is 22.6 Å². The lowest BCUT2D eigenvalue weighted by molar-refractivity contribution is -0.146. The number of halogens is 2. The van der Waals surface area contributed by atoms with E-state index in [0.717, 1.165) is 17.5 Å². The molecule has 1 aliphatic carbocycles. The maximum atomic E-state index is 14.0. The summed E-state index contributed by atoms with van der Waals surface area (Å²) in [5.74, 6) is -2.94. The first kappa shape index (κ1) is 18.8. The van der Waals surface area contributed by atoms with Gasteiger partial charge in [-0.1, -0.05) is 31.2 Å². The van der Waals surface area contributed by atoms with Crippen molar-refractivity contribution < 1.29 is 18.7 Å². The van der Waals surface area contributed by atoms with E-state index in [1.165, 1.54) is 6.07 Å². The van der Waals surface area contributed by atoms with Gasteiger partial charge in [0.2, 0.25) is 0 Å². The summed E-state index contributed by atoms with van der Waals surface area (Å²) < 4.78 is 21.2. The summed E-state index contributed by atoms with van der Waals surface area (Å²) in [5, 5.41) is 0. The summed E-state index contributed by atoms with van der Waals surface area (Å²) in [7, 11) is 0. The number of aryl methyl sites for hydroxylation is 1. The molecular formula is C21H18BrFN2O3. The van der Waals surface area contributed by atoms with Gasteiger partial charge in [-0.15, -0.1) is 0 Å². The molecule has 2 unspecified atom stereocenters. The highest BCUT2D eigenvalue weighted by molar-refractivity contribution is 9.10. The van der Waals surface area contributed by atoms with Crippen LogP contribution in [-0.4, -0.2) is 27.7 Å². The summed E-state index contributed by atoms with van der Waals surface area (Å²) >= 11 is 3.20. The van der Waals surface area contributed by atoms with Crippen LogP contribution in [0.1, 0.15) is 47.1 Å². The van der Waals surface area contributed by atoms with Crippen molar-refractivity contribution in [2.75, 3.05) is 6.61 Å². The summed E-state index contributed by atoms with van der Waals surface area (Å²) in [6.07, 6.45) is 2.31. The second kappa shape index (κ2) is 7.13. The molecule has 1 aromatic carbocycles. The van der Waals surface area contributed by atoms with Crippen LogP contribution in [0, 0.1) is 11.7 Å². The Morgan fingerprint density at radius 2 is 2.07 bits per heavy atom. The number of ether oxygens (including phenoxy) is 1. The monoisotopic (exact) mass is 444 g/mol. The zero-order chi connectivity index (χ0) is 20.0. The molecule has 5 nitrogen and oxygen atoms in total. The fourth-order valence-corrected chi connectivity index (χ4v) is 4.27. The molecule has 2 heterocycles. The van der Waals surface area contributed by atoms with Gasteiger partial charge in [0.25, 0.3) is 0 Å². The highest BCUT2D eigenvalue weighted by atomic mass is 79.9. The van der Waals surface area contributed by atoms with E-state index in [1.807, 2.05) is 31.2 Å². The SMILES string of the molecule is CCOC(=O)C1C(=O)c2nc3cc(F)c(Br)cn3c2C1c1ccccc1CC. The van der Waals surface area contributed by atoms with Gasteiger partial charge in [-0.25, -0.2) is 9.37 Å². The van der Waals surface area contributed by atoms with Crippen molar-refractivity contribution in [3.05, 3.63) is 69.3 Å². The molecule has 0 aliphatic heterocycles. The van der Waals surface area contributed by atoms with Crippen molar-refractivity contribution in [3.63, 3.8) is 0 Å². The summed E-state index contributed by atoms with van der Waals surface area (Å²) in [5.41, 5.74) is 3.06. The minimum absolute atomic E-state index is 0.188. The number of carbonyl (C=O) groups excluding carboxylic acids is 2. The number of ketones is 1. The van der Waals surface area contributed by atoms with Crippen LogP contribution in [0.15, 0.2) is 41.0 Å². The van der Waals surface area contributed by atoms with Crippen LogP contribution in [0.4, 0.5) is 4.39 Å². The Balaban J connectivity index is 2.00. The van der Waals surface area contributed by atoms with Gasteiger partial charge in [0.15, 0.2) is 5.78 Å². The topological polar surface area (TPSA) is 60.7 Å². The lowest BCUT2D eigenvalue weighted by Crippen LogP contribution is -2.28. The summed E-state index contributed by atoms with van der Waals surface area (Å²) in [6, 6.07) is 9.00. The van der Waals surface area contributed by atoms with Crippen LogP contribution in [0.3, 0.4) is 0 Å². The standard InChI is InChI=1S/C21H18BrFN2O3/c1-3-11-7-5-6-8-12(11)16-17(21(27)28-4-2)20(26)18-19(16)25-10-13(22)14(23)9-15(25)24-18/h5-10,16-17H,3-4H2,1-2H3. The highest BCUT2D eigenvalue weighted by Crippen LogP contribution is 2.44. The summed E-state index contributed by atoms with van der Waals surface area (Å²) in [4.78, 5) is 30.2. The molecule has 1 aliphatic rings. The van der Waals surface area contributed by atoms with Crippen molar-refractivity contribution in [1.29, 1.82) is 0 Å². The van der Waals surface area contributed by atoms with E-state index in [4.69, 9.17) is 4.74 Å². The van der Waals surface area contributed by atoms with E-state index in [0.29, 0.717) is 11.3 Å². The smallest absolute Gasteiger partial charge is 0.317 e. The number of nitrogens with zero attached hydrogens (tertiary/aromatic N) is 2. The highest BCUT2D eigenvalue weighted by Gasteiger charge is 2.49. The van der Waals surface area contributed by atoms with Gasteiger partial charge in [-0.05, 0) is 40.4 Å². The Hall–Kier alpha value is -2.54. The Labute approximate surface area is 169 Å². The number of rotatable bonds is 4. The molecule has 0 radical (unpaired) electrons. The second-order valence-corrected chi connectivity index (χ2v) is 7.52. The molecule has 4 rings (SSSR count). The summed E-state index contributed by atoms with van der Waals surface area (Å²) in [6.45, 7) is 3.92. The number of Topliss-reactive ketones (excluding diaryl/α,β-unsaturated/α-hetero) is 1. The lowest BCUT2D eigenvalue weighted by Gasteiger charge is -2.21. The van der Waals surface area contributed by atoms with Gasteiger partial charge in [-0.3, -0.25) is 9.59 Å². The number of hydrogen-bond donors (Lipinski definition) is 0. The maximum absolute atomic E-state index is 14.0. The molecule has 0 spiro atoms. The molecule has 2 aromatic heterocycles. The van der Waals surface area contributed by atoms with Crippen LogP contribution >= 0.6 is 15.9 Å². The van der Waals surface area contributed by atoms with Crippen molar-refractivity contribution in [2.24, 2.45) is 5.92 Å². The van der Waals surface area contributed by atoms with E-state index in [9.17, 15) is 14.0 Å². The predicted molar refractivity (Wildman–Crippen MR) is 105 cm³/mol. The van der Waals surface area contributed by atoms with Gasteiger partial charge < -0.3 is 9.14 Å². The van der Waals surface area contributed by atoms with Crippen molar-refractivity contribution in [3.8, 4) is 0 Å². The van der Waals surface area contributed by atoms with E-state index in [2.05, 4.69) is 20.9 Å². The first-order valence-electron chi connectivity index (χ1n) is 9.13. The maximum Gasteiger partial charge on any atom is 0.317 e. The molecule has 3 aromatic rings. The number of aromatic nitrogens is 2. The number of imidazole rings is 1. The van der Waals surface area contributed by atoms with E-state index < -0.39 is 23.6 Å². The number of hydrogen-bond acceptors (Lipinski definition) is 4. The number of pyridine rings is 1. The van der Waals surface area contributed by atoms with Crippen LogP contribution in [0.5, 0.6) is 0 Å². The molecule has 2 atom stereocenters. The predicted octanol–water partition coefficient (Wildman–Crippen LogP) is 4.31. The molecule has 0 saturated carbocycles. The third-order valence-electron chi connectivity index (χ3n) is 5.16. The molecule has 0 N–H and O–H groups in total. The first-order valence-corrected chi connectivity index (χ1v) is 9.92. The largest absolute Gasteiger partial charge is 0.465 e. The third-order valence-corrected chi connectivity index (χ3v) is 5.74. The average molecular weight is 445 g/mol. The number of benzene rings is 1. The molecule has 0 bridgehead atoms. The van der Waals surface area contributed by atoms with Crippen LogP contribution < -0.4 is 0 Å². The third kappa shape index (κ3) is 2.76. The Morgan fingerprint density at radius 1 is 1.32 bits per heavy atom. The average Bonchev–Trinajstić information content (AvgIpc) is 3.17. The molecule has 144 valence electrons. The van der Waals surface area contributed by atoms with Gasteiger partial charge in [0, 0.05) is 18.2 Å². The van der Waals surface area contributed by atoms with Crippen molar-refractivity contribution in [2.45, 2.75) is 26.2 Å². The lowest BCUT2D eigenvalue weighted by atomic mass is 9.84. The zero-order valence-corrected chi connectivity index (χ0v) is 17.0. The molecule has 0 saturated heterocycles. The normalized spacial score (nSPS) is 18.5. The Kier molecular flexibility index (Phi) is 4.79. The molecule has 28 heavy (non-hydrogen) atoms.